The Bertz CT molecular complexity index is 1250. The Labute approximate surface area is 173 Å². The molecule has 3 aromatic rings. The molecule has 1 aliphatic heterocycles. The van der Waals surface area contributed by atoms with Crippen LogP contribution in [0, 0.1) is 20.4 Å². The van der Waals surface area contributed by atoms with E-state index in [1.165, 1.54) is 0 Å². The van der Waals surface area contributed by atoms with Gasteiger partial charge in [-0.05, 0) is 38.0 Å². The zero-order valence-corrected chi connectivity index (χ0v) is 17.3. The van der Waals surface area contributed by atoms with Crippen molar-refractivity contribution in [2.45, 2.75) is 32.7 Å². The number of hydrogen-bond acceptors (Lipinski definition) is 4. The van der Waals surface area contributed by atoms with Crippen molar-refractivity contribution in [1.29, 1.82) is 0 Å². The van der Waals surface area contributed by atoms with Crippen LogP contribution in [-0.2, 0) is 7.05 Å². The first-order chi connectivity index (χ1) is 14.2. The monoisotopic (exact) mass is 408 g/mol. The van der Waals surface area contributed by atoms with E-state index in [2.05, 4.69) is 14.8 Å². The third-order valence-electron chi connectivity index (χ3n) is 5.63. The van der Waals surface area contributed by atoms with Gasteiger partial charge in [0.25, 0.3) is 5.92 Å². The second-order valence-electron chi connectivity index (χ2n) is 7.72. The van der Waals surface area contributed by atoms with Crippen molar-refractivity contribution in [2.24, 2.45) is 12.0 Å². The lowest BCUT2D eigenvalue weighted by atomic mass is 10.0. The molecule has 154 valence electrons. The fraction of sp³-hybridized carbons (Fsp3) is 0.364. The molecule has 0 amide bonds. The Hall–Kier alpha value is -3.34. The third-order valence-corrected chi connectivity index (χ3v) is 5.63. The molecule has 0 spiro atoms. The second-order valence-corrected chi connectivity index (χ2v) is 7.72. The minimum absolute atomic E-state index is 0.223. The molecule has 0 unspecified atom stereocenters. The van der Waals surface area contributed by atoms with E-state index >= 15 is 0 Å². The minimum Gasteiger partial charge on any atom is -0.344 e. The van der Waals surface area contributed by atoms with Crippen LogP contribution in [0.25, 0.3) is 15.7 Å². The van der Waals surface area contributed by atoms with Gasteiger partial charge in [-0.2, -0.15) is 0 Å². The van der Waals surface area contributed by atoms with Crippen molar-refractivity contribution in [1.82, 2.24) is 14.5 Å². The average molecular weight is 408 g/mol. The van der Waals surface area contributed by atoms with E-state index in [4.69, 9.17) is 11.6 Å². The maximum Gasteiger partial charge on any atom is 0.282 e. The molecule has 1 fully saturated rings. The molecule has 0 radical (unpaired) electrons. The molecular formula is C22H22F2N6. The average Bonchev–Trinajstić information content (AvgIpc) is 2.69. The van der Waals surface area contributed by atoms with Crippen molar-refractivity contribution in [3.8, 4) is 0 Å². The van der Waals surface area contributed by atoms with Crippen LogP contribution in [0.5, 0.6) is 0 Å². The zero-order valence-electron chi connectivity index (χ0n) is 17.3. The normalized spacial score (nSPS) is 17.0. The highest BCUT2D eigenvalue weighted by Gasteiger charge is 2.44. The Morgan fingerprint density at radius 2 is 2.00 bits per heavy atom. The van der Waals surface area contributed by atoms with Crippen molar-refractivity contribution >= 4 is 22.4 Å². The van der Waals surface area contributed by atoms with E-state index in [9.17, 15) is 8.78 Å². The highest BCUT2D eigenvalue weighted by Crippen LogP contribution is 2.32. The number of hydrogen-bond donors (Lipinski definition) is 0. The number of pyridine rings is 1. The number of aromatic nitrogens is 3. The molecule has 4 rings (SSSR count). The first-order valence-corrected chi connectivity index (χ1v) is 9.67. The summed E-state index contributed by atoms with van der Waals surface area (Å²) in [6.45, 7) is 12.4. The van der Waals surface area contributed by atoms with Gasteiger partial charge >= 0.3 is 0 Å². The lowest BCUT2D eigenvalue weighted by Crippen LogP contribution is -2.56. The molecule has 8 heteroatoms. The van der Waals surface area contributed by atoms with Gasteiger partial charge in [-0.1, -0.05) is 18.2 Å². The van der Waals surface area contributed by atoms with E-state index < -0.39 is 5.92 Å². The molecule has 0 saturated carbocycles. The maximum absolute atomic E-state index is 13.3. The molecule has 0 bridgehead atoms. The highest BCUT2D eigenvalue weighted by molar-refractivity contribution is 5.80. The van der Waals surface area contributed by atoms with Gasteiger partial charge in [0.05, 0.1) is 37.4 Å². The fourth-order valence-corrected chi connectivity index (χ4v) is 3.76. The summed E-state index contributed by atoms with van der Waals surface area (Å²) in [6.07, 6.45) is 1.68. The Kier molecular flexibility index (Phi) is 4.77. The number of alkyl halides is 2. The van der Waals surface area contributed by atoms with Gasteiger partial charge in [-0.15, -0.1) is 0 Å². The van der Waals surface area contributed by atoms with Crippen molar-refractivity contribution in [3.63, 3.8) is 0 Å². The van der Waals surface area contributed by atoms with Crippen LogP contribution in [0.1, 0.15) is 29.9 Å². The van der Waals surface area contributed by atoms with Gasteiger partial charge in [-0.3, -0.25) is 4.99 Å². The summed E-state index contributed by atoms with van der Waals surface area (Å²) in [5.41, 5.74) is 3.83. The summed E-state index contributed by atoms with van der Waals surface area (Å²) in [5.74, 6) is -1.40. The molecule has 0 aliphatic carbocycles. The second kappa shape index (κ2) is 7.17. The van der Waals surface area contributed by atoms with Gasteiger partial charge in [0.1, 0.15) is 11.6 Å². The van der Waals surface area contributed by atoms with Crippen molar-refractivity contribution < 1.29 is 8.78 Å². The highest BCUT2D eigenvalue weighted by atomic mass is 19.3. The Balaban J connectivity index is 1.85. The number of rotatable bonds is 3. The van der Waals surface area contributed by atoms with E-state index in [1.54, 1.807) is 23.2 Å². The first-order valence-electron chi connectivity index (χ1n) is 9.67. The van der Waals surface area contributed by atoms with E-state index in [0.717, 1.165) is 27.9 Å². The molecule has 1 atom stereocenters. The zero-order chi connectivity index (χ0) is 21.6. The van der Waals surface area contributed by atoms with Crippen LogP contribution < -0.4 is 10.4 Å². The van der Waals surface area contributed by atoms with Crippen molar-refractivity contribution in [2.75, 3.05) is 18.0 Å². The van der Waals surface area contributed by atoms with E-state index in [-0.39, 0.29) is 19.1 Å². The minimum atomic E-state index is -2.67. The van der Waals surface area contributed by atoms with Gasteiger partial charge < -0.3 is 9.47 Å². The summed E-state index contributed by atoms with van der Waals surface area (Å²) in [7, 11) is 1.89. The van der Waals surface area contributed by atoms with Gasteiger partial charge in [0.2, 0.25) is 0 Å². The Morgan fingerprint density at radius 3 is 2.67 bits per heavy atom. The van der Waals surface area contributed by atoms with E-state index in [1.807, 2.05) is 44.5 Å². The Morgan fingerprint density at radius 1 is 1.27 bits per heavy atom. The van der Waals surface area contributed by atoms with Gasteiger partial charge in [0.15, 0.2) is 11.2 Å². The first kappa shape index (κ1) is 20.0. The third kappa shape index (κ3) is 3.41. The number of nitrogens with zero attached hydrogens (tertiary/aromatic N) is 6. The predicted molar refractivity (Wildman–Crippen MR) is 112 cm³/mol. The molecule has 0 N–H and O–H groups in total. The number of halogens is 2. The summed E-state index contributed by atoms with van der Waals surface area (Å²) in [5, 5.41) is 0.758. The topological polar surface area (TPSA) is 50.7 Å². The largest absolute Gasteiger partial charge is 0.344 e. The summed E-state index contributed by atoms with van der Waals surface area (Å²) >= 11 is 0. The maximum atomic E-state index is 13.3. The predicted octanol–water partition coefficient (Wildman–Crippen LogP) is 4.25. The van der Waals surface area contributed by atoms with Gasteiger partial charge in [0, 0.05) is 12.4 Å². The fourth-order valence-electron chi connectivity index (χ4n) is 3.76. The number of benzene rings is 1. The molecular weight excluding hydrogens is 386 g/mol. The van der Waals surface area contributed by atoms with Crippen LogP contribution in [-0.4, -0.2) is 33.5 Å². The van der Waals surface area contributed by atoms with Crippen molar-refractivity contribution in [3.05, 3.63) is 64.3 Å². The van der Waals surface area contributed by atoms with Crippen LogP contribution in [0.15, 0.2) is 35.5 Å². The lowest BCUT2D eigenvalue weighted by Gasteiger charge is -2.39. The summed E-state index contributed by atoms with van der Waals surface area (Å²) in [6, 6.07) is 7.17. The number of aryl methyl sites for hydroxylation is 2. The molecule has 6 nitrogen and oxygen atoms in total. The molecule has 3 heterocycles. The van der Waals surface area contributed by atoms with E-state index in [0.29, 0.717) is 17.0 Å². The van der Waals surface area contributed by atoms with Gasteiger partial charge in [-0.25, -0.2) is 23.6 Å². The summed E-state index contributed by atoms with van der Waals surface area (Å²) < 4.78 is 28.5. The molecule has 30 heavy (non-hydrogen) atoms. The lowest BCUT2D eigenvalue weighted by molar-refractivity contribution is -0.0266. The molecule has 1 aromatic carbocycles. The van der Waals surface area contributed by atoms with Crippen LogP contribution in [0.2, 0.25) is 0 Å². The number of fused-ring (bicyclic) bond motifs is 1. The van der Waals surface area contributed by atoms with Crippen LogP contribution >= 0.6 is 0 Å². The standard InChI is InChI=1S/C22H22F2N6/c1-13-16(7-6-8-18(13)25-4)14(2)27-21-17-9-20(30-11-22(23,24)12-30)26-10-19(17)29(5)15(3)28-21/h6-10,14H,11-12H2,1-3,5H3/t14-/m1/s1. The smallest absolute Gasteiger partial charge is 0.282 e. The number of anilines is 1. The molecule has 1 saturated heterocycles. The quantitative estimate of drug-likeness (QED) is 0.609. The van der Waals surface area contributed by atoms with Crippen LogP contribution in [0.4, 0.5) is 20.3 Å². The summed E-state index contributed by atoms with van der Waals surface area (Å²) in [4.78, 5) is 19.0. The SMILES string of the molecule is [C-]#[N+]c1cccc([C@@H](C)N=c2nc(C)n(C)c3cnc(N4CC(F)(F)C4)cc23)c1C. The van der Waals surface area contributed by atoms with Crippen LogP contribution in [0.3, 0.4) is 0 Å². The molecule has 1 aliphatic rings. The molecule has 2 aromatic heterocycles.